The molecule has 0 atom stereocenters. The summed E-state index contributed by atoms with van der Waals surface area (Å²) in [7, 11) is 0. The second-order valence-electron chi connectivity index (χ2n) is 13.6. The molecule has 3 heterocycles. The molecule has 0 N–H and O–H groups in total. The first kappa shape index (κ1) is 30.7. The maximum atomic E-state index is 6.48. The minimum Gasteiger partial charge on any atom is -0.456 e. The van der Waals surface area contributed by atoms with E-state index in [2.05, 4.69) is 158 Å². The summed E-state index contributed by atoms with van der Waals surface area (Å²) >= 11 is 1.79. The van der Waals surface area contributed by atoms with Gasteiger partial charge in [0, 0.05) is 47.6 Å². The predicted octanol–water partition coefficient (Wildman–Crippen LogP) is 13.6. The van der Waals surface area contributed by atoms with Crippen LogP contribution in [0.4, 0.5) is 0 Å². The highest BCUT2D eigenvalue weighted by Gasteiger charge is 2.19. The minimum atomic E-state index is 0.601. The van der Waals surface area contributed by atoms with E-state index in [9.17, 15) is 0 Å². The molecule has 0 radical (unpaired) electrons. The number of aromatic nitrogens is 3. The molecule has 0 bridgehead atoms. The topological polar surface area (TPSA) is 51.8 Å². The van der Waals surface area contributed by atoms with Crippen LogP contribution in [-0.2, 0) is 0 Å². The third-order valence-corrected chi connectivity index (χ3v) is 11.5. The van der Waals surface area contributed by atoms with E-state index in [1.807, 2.05) is 18.2 Å². The van der Waals surface area contributed by atoms with E-state index in [-0.39, 0.29) is 0 Å². The van der Waals surface area contributed by atoms with Gasteiger partial charge in [0.25, 0.3) is 0 Å². The molecule has 0 amide bonds. The monoisotopic (exact) mass is 707 g/mol. The van der Waals surface area contributed by atoms with Crippen molar-refractivity contribution in [3.8, 4) is 56.4 Å². The highest BCUT2D eigenvalue weighted by Crippen LogP contribution is 2.40. The summed E-state index contributed by atoms with van der Waals surface area (Å²) in [6.07, 6.45) is 0. The third kappa shape index (κ3) is 5.17. The largest absolute Gasteiger partial charge is 0.456 e. The highest BCUT2D eigenvalue weighted by atomic mass is 32.1. The summed E-state index contributed by atoms with van der Waals surface area (Å²) in [6, 6.07) is 61.7. The molecule has 0 aliphatic carbocycles. The van der Waals surface area contributed by atoms with Crippen molar-refractivity contribution in [2.45, 2.75) is 0 Å². The van der Waals surface area contributed by atoms with Gasteiger partial charge in [-0.15, -0.1) is 11.3 Å². The Morgan fingerprint density at radius 1 is 0.352 bits per heavy atom. The molecule has 252 valence electrons. The van der Waals surface area contributed by atoms with E-state index < -0.39 is 0 Å². The molecule has 0 aliphatic heterocycles. The molecule has 0 spiro atoms. The van der Waals surface area contributed by atoms with Crippen LogP contribution in [0.25, 0.3) is 109 Å². The van der Waals surface area contributed by atoms with E-state index in [0.717, 1.165) is 55.1 Å². The van der Waals surface area contributed by atoms with Gasteiger partial charge in [-0.2, -0.15) is 0 Å². The fraction of sp³-hybridized carbons (Fsp3) is 0. The lowest BCUT2D eigenvalue weighted by atomic mass is 9.97. The van der Waals surface area contributed by atoms with Crippen molar-refractivity contribution in [2.75, 3.05) is 0 Å². The van der Waals surface area contributed by atoms with Crippen molar-refractivity contribution >= 4 is 64.2 Å². The molecule has 0 saturated carbocycles. The van der Waals surface area contributed by atoms with Gasteiger partial charge in [-0.1, -0.05) is 133 Å². The van der Waals surface area contributed by atoms with Gasteiger partial charge in [0.15, 0.2) is 17.5 Å². The molecular weight excluding hydrogens is 679 g/mol. The molecule has 11 aromatic rings. The van der Waals surface area contributed by atoms with E-state index in [4.69, 9.17) is 19.4 Å². The number of hydrogen-bond donors (Lipinski definition) is 0. The van der Waals surface area contributed by atoms with Gasteiger partial charge in [-0.3, -0.25) is 0 Å². The normalized spacial score (nSPS) is 11.7. The van der Waals surface area contributed by atoms with Crippen LogP contribution in [0.1, 0.15) is 0 Å². The second-order valence-corrected chi connectivity index (χ2v) is 14.7. The number of nitrogens with zero attached hydrogens (tertiary/aromatic N) is 3. The summed E-state index contributed by atoms with van der Waals surface area (Å²) in [5.74, 6) is 1.86. The molecule has 8 aromatic carbocycles. The molecule has 54 heavy (non-hydrogen) atoms. The lowest BCUT2D eigenvalue weighted by molar-refractivity contribution is 0.669. The molecule has 0 saturated heterocycles. The Hall–Kier alpha value is -6.95. The molecule has 4 nitrogen and oxygen atoms in total. The SMILES string of the molecule is c1ccc(-c2cccc(-c3ccc4oc5cccc(-c6nc(-c7ccc8ccccc8c7)nc(-c7ccc8c(c7)sc7ccccc78)n6)c5c4c3)c2)cc1. The van der Waals surface area contributed by atoms with E-state index >= 15 is 0 Å². The molecular formula is C49H29N3OS. The lowest BCUT2D eigenvalue weighted by Gasteiger charge is -2.10. The first-order chi connectivity index (χ1) is 26.7. The Bertz CT molecular complexity index is 3230. The van der Waals surface area contributed by atoms with Crippen molar-refractivity contribution in [1.82, 2.24) is 15.0 Å². The van der Waals surface area contributed by atoms with Gasteiger partial charge in [-0.05, 0) is 75.5 Å². The first-order valence-corrected chi connectivity index (χ1v) is 18.8. The second kappa shape index (κ2) is 12.3. The van der Waals surface area contributed by atoms with Crippen molar-refractivity contribution in [1.29, 1.82) is 0 Å². The van der Waals surface area contributed by atoms with Crippen molar-refractivity contribution in [2.24, 2.45) is 0 Å². The predicted molar refractivity (Wildman–Crippen MR) is 225 cm³/mol. The Balaban J connectivity index is 1.11. The number of rotatable bonds is 5. The van der Waals surface area contributed by atoms with Crippen LogP contribution in [0.2, 0.25) is 0 Å². The Morgan fingerprint density at radius 2 is 1.00 bits per heavy atom. The minimum absolute atomic E-state index is 0.601. The third-order valence-electron chi connectivity index (χ3n) is 10.3. The Kier molecular flexibility index (Phi) is 7.00. The molecule has 11 rings (SSSR count). The van der Waals surface area contributed by atoms with Crippen molar-refractivity contribution in [3.63, 3.8) is 0 Å². The fourth-order valence-electron chi connectivity index (χ4n) is 7.65. The Labute approximate surface area is 314 Å². The number of hydrogen-bond acceptors (Lipinski definition) is 5. The smallest absolute Gasteiger partial charge is 0.164 e. The van der Waals surface area contributed by atoms with Gasteiger partial charge >= 0.3 is 0 Å². The van der Waals surface area contributed by atoms with Crippen LogP contribution in [0.15, 0.2) is 180 Å². The molecule has 0 aliphatic rings. The summed E-state index contributed by atoms with van der Waals surface area (Å²) in [6.45, 7) is 0. The van der Waals surface area contributed by atoms with Gasteiger partial charge in [-0.25, -0.2) is 15.0 Å². The molecule has 3 aromatic heterocycles. The quantitative estimate of drug-likeness (QED) is 0.179. The Morgan fingerprint density at radius 3 is 1.89 bits per heavy atom. The summed E-state index contributed by atoms with van der Waals surface area (Å²) in [5, 5.41) is 6.81. The first-order valence-electron chi connectivity index (χ1n) is 18.0. The zero-order valence-electron chi connectivity index (χ0n) is 28.9. The summed E-state index contributed by atoms with van der Waals surface area (Å²) in [4.78, 5) is 15.6. The fourth-order valence-corrected chi connectivity index (χ4v) is 8.79. The highest BCUT2D eigenvalue weighted by molar-refractivity contribution is 7.25. The van der Waals surface area contributed by atoms with Gasteiger partial charge in [0.2, 0.25) is 0 Å². The summed E-state index contributed by atoms with van der Waals surface area (Å²) in [5.41, 5.74) is 9.02. The molecule has 0 unspecified atom stereocenters. The summed E-state index contributed by atoms with van der Waals surface area (Å²) < 4.78 is 8.95. The average Bonchev–Trinajstić information content (AvgIpc) is 3.81. The molecule has 5 heteroatoms. The van der Waals surface area contributed by atoms with Crippen LogP contribution in [-0.4, -0.2) is 15.0 Å². The maximum absolute atomic E-state index is 6.48. The number of fused-ring (bicyclic) bond motifs is 7. The van der Waals surface area contributed by atoms with E-state index in [0.29, 0.717) is 17.5 Å². The zero-order chi connectivity index (χ0) is 35.6. The number of thiophene rings is 1. The number of benzene rings is 8. The van der Waals surface area contributed by atoms with Gasteiger partial charge < -0.3 is 4.42 Å². The zero-order valence-corrected chi connectivity index (χ0v) is 29.7. The standard InChI is InChI=1S/C49H29N3OS/c1-2-10-30(11-3-1)33-14-8-15-34(26-33)35-23-25-42-41(28-35)46-40(17-9-18-43(46)53-42)49-51-47(36-21-20-31-12-4-5-13-32(31)27-36)50-48(52-49)37-22-24-39-38-16-6-7-19-44(38)54-45(39)29-37/h1-29H. The maximum Gasteiger partial charge on any atom is 0.164 e. The van der Waals surface area contributed by atoms with Crippen LogP contribution in [0, 0.1) is 0 Å². The lowest BCUT2D eigenvalue weighted by Crippen LogP contribution is -2.00. The van der Waals surface area contributed by atoms with Gasteiger partial charge in [0.1, 0.15) is 11.2 Å². The van der Waals surface area contributed by atoms with Crippen LogP contribution >= 0.6 is 11.3 Å². The van der Waals surface area contributed by atoms with Gasteiger partial charge in [0.05, 0.1) is 0 Å². The van der Waals surface area contributed by atoms with E-state index in [1.54, 1.807) is 11.3 Å². The van der Waals surface area contributed by atoms with Crippen molar-refractivity contribution in [3.05, 3.63) is 176 Å². The molecule has 0 fully saturated rings. The van der Waals surface area contributed by atoms with Crippen LogP contribution in [0.3, 0.4) is 0 Å². The average molecular weight is 708 g/mol. The van der Waals surface area contributed by atoms with E-state index in [1.165, 1.54) is 36.7 Å². The van der Waals surface area contributed by atoms with Crippen LogP contribution < -0.4 is 0 Å². The van der Waals surface area contributed by atoms with Crippen LogP contribution in [0.5, 0.6) is 0 Å². The number of furan rings is 1. The van der Waals surface area contributed by atoms with Crippen molar-refractivity contribution < 1.29 is 4.42 Å².